The summed E-state index contributed by atoms with van der Waals surface area (Å²) >= 11 is 1.13. The van der Waals surface area contributed by atoms with Gasteiger partial charge in [0, 0.05) is 5.75 Å². The molecule has 0 atom stereocenters. The van der Waals surface area contributed by atoms with Gasteiger partial charge in [0.05, 0.1) is 17.0 Å². The predicted molar refractivity (Wildman–Crippen MR) is 56.6 cm³/mol. The third-order valence-electron chi connectivity index (χ3n) is 1.94. The smallest absolute Gasteiger partial charge is 0.166 e. The van der Waals surface area contributed by atoms with Crippen LogP contribution in [-0.4, -0.2) is 21.7 Å². The van der Waals surface area contributed by atoms with Crippen molar-refractivity contribution in [3.05, 3.63) is 23.8 Å². The third kappa shape index (κ3) is 2.30. The minimum absolute atomic E-state index is 0.0845. The Kier molecular flexibility index (Phi) is 2.64. The minimum Gasteiger partial charge on any atom is -0.549 e. The van der Waals surface area contributed by atoms with E-state index in [1.807, 2.05) is 25.1 Å². The number of aliphatic carboxylic acids is 1. The van der Waals surface area contributed by atoms with Gasteiger partial charge in [0.1, 0.15) is 0 Å². The topological polar surface area (TPSA) is 68.8 Å². The number of imidazole rings is 1. The van der Waals surface area contributed by atoms with Gasteiger partial charge in [-0.15, -0.1) is 0 Å². The zero-order chi connectivity index (χ0) is 10.8. The lowest BCUT2D eigenvalue weighted by Crippen LogP contribution is -2.24. The molecule has 1 N–H and O–H groups in total. The summed E-state index contributed by atoms with van der Waals surface area (Å²) < 4.78 is 0. The van der Waals surface area contributed by atoms with E-state index in [-0.39, 0.29) is 5.75 Å². The lowest BCUT2D eigenvalue weighted by Gasteiger charge is -1.96. The molecule has 0 aliphatic heterocycles. The van der Waals surface area contributed by atoms with Crippen molar-refractivity contribution in [1.29, 1.82) is 0 Å². The quantitative estimate of drug-likeness (QED) is 0.775. The van der Waals surface area contributed by atoms with Gasteiger partial charge in [0.15, 0.2) is 5.16 Å². The molecular weight excluding hydrogens is 212 g/mol. The molecular formula is C10H9N2O2S-. The lowest BCUT2D eigenvalue weighted by molar-refractivity contribution is -0.301. The number of hydrogen-bond donors (Lipinski definition) is 1. The van der Waals surface area contributed by atoms with Crippen LogP contribution in [0.4, 0.5) is 0 Å². The number of carboxylic acid groups (broad SMARTS) is 1. The number of rotatable bonds is 3. The van der Waals surface area contributed by atoms with E-state index >= 15 is 0 Å². The van der Waals surface area contributed by atoms with Crippen molar-refractivity contribution < 1.29 is 9.90 Å². The summed E-state index contributed by atoms with van der Waals surface area (Å²) in [5, 5.41) is 10.9. The van der Waals surface area contributed by atoms with E-state index in [9.17, 15) is 9.90 Å². The second kappa shape index (κ2) is 3.94. The van der Waals surface area contributed by atoms with Gasteiger partial charge in [0.25, 0.3) is 0 Å². The number of nitrogens with zero attached hydrogens (tertiary/aromatic N) is 1. The van der Waals surface area contributed by atoms with Crippen LogP contribution in [0.15, 0.2) is 23.4 Å². The largest absolute Gasteiger partial charge is 0.549 e. The summed E-state index contributed by atoms with van der Waals surface area (Å²) in [5.74, 6) is -1.17. The first-order valence-electron chi connectivity index (χ1n) is 4.44. The average molecular weight is 221 g/mol. The number of carboxylic acids is 1. The van der Waals surface area contributed by atoms with E-state index < -0.39 is 5.97 Å². The third-order valence-corrected chi connectivity index (χ3v) is 2.79. The number of thioether (sulfide) groups is 1. The van der Waals surface area contributed by atoms with Crippen LogP contribution in [0.5, 0.6) is 0 Å². The van der Waals surface area contributed by atoms with Crippen molar-refractivity contribution in [3.63, 3.8) is 0 Å². The molecule has 15 heavy (non-hydrogen) atoms. The van der Waals surface area contributed by atoms with Crippen LogP contribution in [0.1, 0.15) is 5.56 Å². The molecule has 0 radical (unpaired) electrons. The molecule has 0 saturated carbocycles. The number of nitrogens with one attached hydrogen (secondary N) is 1. The Morgan fingerprint density at radius 3 is 3.13 bits per heavy atom. The summed E-state index contributed by atoms with van der Waals surface area (Å²) in [6.07, 6.45) is 0. The highest BCUT2D eigenvalue weighted by Crippen LogP contribution is 2.19. The first-order chi connectivity index (χ1) is 7.15. The number of aryl methyl sites for hydroxylation is 1. The highest BCUT2D eigenvalue weighted by Gasteiger charge is 2.02. The van der Waals surface area contributed by atoms with Crippen LogP contribution in [0, 0.1) is 6.92 Å². The summed E-state index contributed by atoms with van der Waals surface area (Å²) in [6, 6.07) is 5.85. The van der Waals surface area contributed by atoms with E-state index in [2.05, 4.69) is 9.97 Å². The molecule has 0 aliphatic carbocycles. The van der Waals surface area contributed by atoms with Crippen molar-refractivity contribution in [2.24, 2.45) is 0 Å². The molecule has 2 rings (SSSR count). The molecule has 2 aromatic rings. The fourth-order valence-electron chi connectivity index (χ4n) is 1.30. The highest BCUT2D eigenvalue weighted by molar-refractivity contribution is 7.99. The Morgan fingerprint density at radius 1 is 1.60 bits per heavy atom. The summed E-state index contributed by atoms with van der Waals surface area (Å²) in [7, 11) is 0. The van der Waals surface area contributed by atoms with Gasteiger partial charge in [-0.05, 0) is 24.6 Å². The van der Waals surface area contributed by atoms with Crippen molar-refractivity contribution in [1.82, 2.24) is 9.97 Å². The number of fused-ring (bicyclic) bond motifs is 1. The molecule has 78 valence electrons. The summed E-state index contributed by atoms with van der Waals surface area (Å²) in [4.78, 5) is 17.6. The fraction of sp³-hybridized carbons (Fsp3) is 0.200. The van der Waals surface area contributed by atoms with Crippen molar-refractivity contribution in [2.45, 2.75) is 12.1 Å². The maximum Gasteiger partial charge on any atom is 0.166 e. The highest BCUT2D eigenvalue weighted by atomic mass is 32.2. The Labute approximate surface area is 90.7 Å². The van der Waals surface area contributed by atoms with Crippen LogP contribution in [0.25, 0.3) is 11.0 Å². The molecule has 1 aromatic carbocycles. The number of benzene rings is 1. The van der Waals surface area contributed by atoms with Crippen molar-refractivity contribution in [3.8, 4) is 0 Å². The Bertz CT molecular complexity index is 507. The van der Waals surface area contributed by atoms with E-state index in [1.54, 1.807) is 0 Å². The second-order valence-corrected chi connectivity index (χ2v) is 4.19. The first-order valence-corrected chi connectivity index (χ1v) is 5.43. The van der Waals surface area contributed by atoms with Gasteiger partial charge in [-0.1, -0.05) is 17.8 Å². The maximum absolute atomic E-state index is 10.3. The zero-order valence-electron chi connectivity index (χ0n) is 8.11. The molecule has 0 spiro atoms. The van der Waals surface area contributed by atoms with Crippen LogP contribution in [-0.2, 0) is 4.79 Å². The average Bonchev–Trinajstić information content (AvgIpc) is 2.56. The Hall–Kier alpha value is -1.49. The molecule has 1 heterocycles. The molecule has 0 saturated heterocycles. The molecule has 0 fully saturated rings. The Balaban J connectivity index is 2.27. The number of H-pyrrole nitrogens is 1. The monoisotopic (exact) mass is 221 g/mol. The van der Waals surface area contributed by atoms with Gasteiger partial charge in [-0.2, -0.15) is 0 Å². The second-order valence-electron chi connectivity index (χ2n) is 3.22. The lowest BCUT2D eigenvalue weighted by atomic mass is 10.2. The van der Waals surface area contributed by atoms with Gasteiger partial charge in [0.2, 0.25) is 0 Å². The minimum atomic E-state index is -1.09. The first kappa shape index (κ1) is 10.0. The van der Waals surface area contributed by atoms with Crippen LogP contribution >= 0.6 is 11.8 Å². The van der Waals surface area contributed by atoms with E-state index in [4.69, 9.17) is 0 Å². The number of hydrogen-bond acceptors (Lipinski definition) is 4. The molecule has 0 bridgehead atoms. The number of carbonyl (C=O) groups is 1. The predicted octanol–water partition coefficient (Wildman–Crippen LogP) is 0.713. The summed E-state index contributed by atoms with van der Waals surface area (Å²) in [6.45, 7) is 1.99. The maximum atomic E-state index is 10.3. The Morgan fingerprint density at radius 2 is 2.40 bits per heavy atom. The molecule has 5 heteroatoms. The molecule has 0 unspecified atom stereocenters. The summed E-state index contributed by atoms with van der Waals surface area (Å²) in [5.41, 5.74) is 2.92. The van der Waals surface area contributed by atoms with Gasteiger partial charge in [-0.3, -0.25) is 0 Å². The molecule has 0 aliphatic rings. The SMILES string of the molecule is Cc1ccc2nc(SCC(=O)[O-])[nH]c2c1. The van der Waals surface area contributed by atoms with Crippen LogP contribution in [0.3, 0.4) is 0 Å². The fourth-order valence-corrected chi connectivity index (χ4v) is 1.90. The van der Waals surface area contributed by atoms with Gasteiger partial charge >= 0.3 is 0 Å². The zero-order valence-corrected chi connectivity index (χ0v) is 8.93. The normalized spacial score (nSPS) is 10.7. The molecule has 0 amide bonds. The van der Waals surface area contributed by atoms with Crippen molar-refractivity contribution >= 4 is 28.8 Å². The molecule has 4 nitrogen and oxygen atoms in total. The molecule has 1 aromatic heterocycles. The van der Waals surface area contributed by atoms with Crippen molar-refractivity contribution in [2.75, 3.05) is 5.75 Å². The number of aromatic nitrogens is 2. The van der Waals surface area contributed by atoms with Gasteiger partial charge in [-0.25, -0.2) is 4.98 Å². The standard InChI is InChI=1S/C10H10N2O2S/c1-6-2-3-7-8(4-6)12-10(11-7)15-5-9(13)14/h2-4H,5H2,1H3,(H,11,12)(H,13,14)/p-1. The van der Waals surface area contributed by atoms with Crippen LogP contribution in [0.2, 0.25) is 0 Å². The number of carbonyl (C=O) groups excluding carboxylic acids is 1. The van der Waals surface area contributed by atoms with E-state index in [0.717, 1.165) is 28.4 Å². The number of aromatic amines is 1. The van der Waals surface area contributed by atoms with E-state index in [1.165, 1.54) is 0 Å². The van der Waals surface area contributed by atoms with Crippen LogP contribution < -0.4 is 5.11 Å². The van der Waals surface area contributed by atoms with Gasteiger partial charge < -0.3 is 14.9 Å². The van der Waals surface area contributed by atoms with E-state index in [0.29, 0.717) is 5.16 Å².